The molecule has 1 aromatic rings. The van der Waals surface area contributed by atoms with Crippen LogP contribution in [0.4, 0.5) is 0 Å². The smallest absolute Gasteiger partial charge is 0.211 e. The first-order valence-electron chi connectivity index (χ1n) is 7.86. The van der Waals surface area contributed by atoms with Gasteiger partial charge in [-0.15, -0.1) is 11.3 Å². The number of thiophene rings is 1. The maximum atomic E-state index is 11.3. The first-order valence-corrected chi connectivity index (χ1v) is 10.3. The zero-order valence-corrected chi connectivity index (χ0v) is 16.0. The fraction of sp³-hybridized carbons (Fsp3) is 0.667. The number of rotatable bonds is 9. The van der Waals surface area contributed by atoms with Crippen LogP contribution < -0.4 is 15.4 Å². The van der Waals surface area contributed by atoms with Gasteiger partial charge in [0, 0.05) is 42.4 Å². The van der Waals surface area contributed by atoms with Crippen LogP contribution in [0.25, 0.3) is 0 Å². The Labute approximate surface area is 143 Å². The van der Waals surface area contributed by atoms with E-state index >= 15 is 0 Å². The standard InChI is InChI=1S/C15H28N4O2S2/c1-5-23(20,21)18-10-6-9-17-15(16-4)19-12(2)11-14-8-7-13(3)22-14/h7-8,12,18H,5-6,9-11H2,1-4H3,(H2,16,17,19). The third kappa shape index (κ3) is 8.34. The highest BCUT2D eigenvalue weighted by Crippen LogP contribution is 2.16. The summed E-state index contributed by atoms with van der Waals surface area (Å²) < 4.78 is 25.2. The summed E-state index contributed by atoms with van der Waals surface area (Å²) in [5.74, 6) is 0.854. The molecule has 3 N–H and O–H groups in total. The predicted molar refractivity (Wildman–Crippen MR) is 98.8 cm³/mol. The summed E-state index contributed by atoms with van der Waals surface area (Å²) in [6, 6.07) is 4.57. The largest absolute Gasteiger partial charge is 0.356 e. The average Bonchev–Trinajstić information content (AvgIpc) is 2.90. The molecule has 0 amide bonds. The molecule has 0 aliphatic carbocycles. The first-order chi connectivity index (χ1) is 10.9. The van der Waals surface area contributed by atoms with E-state index in [2.05, 4.69) is 46.3 Å². The Morgan fingerprint density at radius 1 is 1.35 bits per heavy atom. The minimum absolute atomic E-state index is 0.114. The Balaban J connectivity index is 2.26. The summed E-state index contributed by atoms with van der Waals surface area (Å²) >= 11 is 1.81. The summed E-state index contributed by atoms with van der Waals surface area (Å²) in [6.45, 7) is 6.96. The van der Waals surface area contributed by atoms with Crippen molar-refractivity contribution in [1.82, 2.24) is 15.4 Å². The highest BCUT2D eigenvalue weighted by atomic mass is 32.2. The van der Waals surface area contributed by atoms with Gasteiger partial charge in [-0.2, -0.15) is 0 Å². The van der Waals surface area contributed by atoms with Crippen LogP contribution in [0.1, 0.15) is 30.0 Å². The molecule has 8 heteroatoms. The fourth-order valence-electron chi connectivity index (χ4n) is 2.00. The summed E-state index contributed by atoms with van der Waals surface area (Å²) in [5, 5.41) is 6.55. The summed E-state index contributed by atoms with van der Waals surface area (Å²) in [6.07, 6.45) is 1.66. The number of aliphatic imine (C=N–C) groups is 1. The lowest BCUT2D eigenvalue weighted by molar-refractivity contribution is 0.579. The molecule has 0 spiro atoms. The van der Waals surface area contributed by atoms with E-state index in [1.54, 1.807) is 14.0 Å². The van der Waals surface area contributed by atoms with Gasteiger partial charge in [0.1, 0.15) is 0 Å². The van der Waals surface area contributed by atoms with E-state index in [4.69, 9.17) is 0 Å². The Hall–Kier alpha value is -1.12. The van der Waals surface area contributed by atoms with Gasteiger partial charge < -0.3 is 10.6 Å². The van der Waals surface area contributed by atoms with Gasteiger partial charge in [-0.1, -0.05) is 0 Å². The van der Waals surface area contributed by atoms with Gasteiger partial charge in [0.25, 0.3) is 0 Å². The third-order valence-electron chi connectivity index (χ3n) is 3.26. The van der Waals surface area contributed by atoms with Gasteiger partial charge in [-0.05, 0) is 39.3 Å². The maximum absolute atomic E-state index is 11.3. The molecule has 0 fully saturated rings. The van der Waals surface area contributed by atoms with E-state index in [-0.39, 0.29) is 11.8 Å². The highest BCUT2D eigenvalue weighted by Gasteiger charge is 2.08. The number of nitrogens with zero attached hydrogens (tertiary/aromatic N) is 1. The predicted octanol–water partition coefficient (Wildman–Crippen LogP) is 1.48. The molecule has 1 heterocycles. The number of hydrogen-bond acceptors (Lipinski definition) is 4. The molecule has 1 rings (SSSR count). The Kier molecular flexibility index (Phi) is 8.57. The van der Waals surface area contributed by atoms with Crippen LogP contribution in [-0.2, 0) is 16.4 Å². The van der Waals surface area contributed by atoms with Gasteiger partial charge >= 0.3 is 0 Å². The second-order valence-corrected chi connectivity index (χ2v) is 8.88. The molecule has 1 atom stereocenters. The minimum atomic E-state index is -3.10. The minimum Gasteiger partial charge on any atom is -0.356 e. The Bertz CT molecular complexity index is 596. The zero-order chi connectivity index (χ0) is 17.3. The van der Waals surface area contributed by atoms with E-state index in [9.17, 15) is 8.42 Å². The fourth-order valence-corrected chi connectivity index (χ4v) is 3.68. The van der Waals surface area contributed by atoms with Crippen molar-refractivity contribution in [3.8, 4) is 0 Å². The molecule has 132 valence electrons. The third-order valence-corrected chi connectivity index (χ3v) is 5.69. The molecule has 23 heavy (non-hydrogen) atoms. The summed E-state index contributed by atoms with van der Waals surface area (Å²) in [4.78, 5) is 6.87. The number of sulfonamides is 1. The normalized spacial score (nSPS) is 13.8. The van der Waals surface area contributed by atoms with E-state index < -0.39 is 10.0 Å². The zero-order valence-electron chi connectivity index (χ0n) is 14.3. The van der Waals surface area contributed by atoms with Crippen LogP contribution in [-0.4, -0.2) is 46.3 Å². The SMILES string of the molecule is CCS(=O)(=O)NCCCNC(=NC)NC(C)Cc1ccc(C)s1. The van der Waals surface area contributed by atoms with Crippen molar-refractivity contribution in [3.05, 3.63) is 21.9 Å². The number of aryl methyl sites for hydroxylation is 1. The van der Waals surface area contributed by atoms with Crippen LogP contribution in [0, 0.1) is 6.92 Å². The second-order valence-electron chi connectivity index (χ2n) is 5.41. The first kappa shape index (κ1) is 19.9. The number of nitrogens with one attached hydrogen (secondary N) is 3. The highest BCUT2D eigenvalue weighted by molar-refractivity contribution is 7.89. The monoisotopic (exact) mass is 360 g/mol. The summed E-state index contributed by atoms with van der Waals surface area (Å²) in [7, 11) is -1.37. The van der Waals surface area contributed by atoms with E-state index in [1.165, 1.54) is 9.75 Å². The van der Waals surface area contributed by atoms with Crippen molar-refractivity contribution in [3.63, 3.8) is 0 Å². The van der Waals surface area contributed by atoms with Gasteiger partial charge in [0.15, 0.2) is 5.96 Å². The van der Waals surface area contributed by atoms with Crippen molar-refractivity contribution in [2.24, 2.45) is 4.99 Å². The number of hydrogen-bond donors (Lipinski definition) is 3. The van der Waals surface area contributed by atoms with Crippen LogP contribution in [0.5, 0.6) is 0 Å². The van der Waals surface area contributed by atoms with Crippen LogP contribution in [0.3, 0.4) is 0 Å². The molecule has 0 saturated heterocycles. The average molecular weight is 361 g/mol. The lowest BCUT2D eigenvalue weighted by Gasteiger charge is -2.17. The molecule has 0 radical (unpaired) electrons. The maximum Gasteiger partial charge on any atom is 0.211 e. The van der Waals surface area contributed by atoms with Crippen LogP contribution in [0.2, 0.25) is 0 Å². The van der Waals surface area contributed by atoms with Crippen molar-refractivity contribution in [2.75, 3.05) is 25.9 Å². The molecule has 0 aromatic carbocycles. The van der Waals surface area contributed by atoms with Crippen molar-refractivity contribution < 1.29 is 8.42 Å². The van der Waals surface area contributed by atoms with Crippen LogP contribution >= 0.6 is 11.3 Å². The molecule has 0 saturated carbocycles. The van der Waals surface area contributed by atoms with Gasteiger partial charge in [-0.3, -0.25) is 4.99 Å². The Morgan fingerprint density at radius 3 is 2.65 bits per heavy atom. The summed E-state index contributed by atoms with van der Waals surface area (Å²) in [5.41, 5.74) is 0. The van der Waals surface area contributed by atoms with Gasteiger partial charge in [-0.25, -0.2) is 13.1 Å². The van der Waals surface area contributed by atoms with Crippen molar-refractivity contribution in [2.45, 2.75) is 39.7 Å². The molecule has 1 unspecified atom stereocenters. The number of guanidine groups is 1. The quantitative estimate of drug-likeness (QED) is 0.354. The van der Waals surface area contributed by atoms with E-state index in [0.29, 0.717) is 19.5 Å². The lowest BCUT2D eigenvalue weighted by Crippen LogP contribution is -2.43. The second kappa shape index (κ2) is 9.89. The van der Waals surface area contributed by atoms with Gasteiger partial charge in [0.2, 0.25) is 10.0 Å². The van der Waals surface area contributed by atoms with Crippen molar-refractivity contribution >= 4 is 27.3 Å². The molecule has 0 aliphatic heterocycles. The van der Waals surface area contributed by atoms with Crippen LogP contribution in [0.15, 0.2) is 17.1 Å². The molecular formula is C15H28N4O2S2. The molecule has 0 aliphatic rings. The lowest BCUT2D eigenvalue weighted by atomic mass is 10.2. The topological polar surface area (TPSA) is 82.6 Å². The van der Waals surface area contributed by atoms with E-state index in [1.807, 2.05) is 11.3 Å². The Morgan fingerprint density at radius 2 is 2.09 bits per heavy atom. The van der Waals surface area contributed by atoms with Crippen molar-refractivity contribution in [1.29, 1.82) is 0 Å². The van der Waals surface area contributed by atoms with Gasteiger partial charge in [0.05, 0.1) is 5.75 Å². The van der Waals surface area contributed by atoms with E-state index in [0.717, 1.165) is 12.4 Å². The molecule has 0 bridgehead atoms. The molecule has 1 aromatic heterocycles. The molecular weight excluding hydrogens is 332 g/mol. The molecule has 6 nitrogen and oxygen atoms in total.